The van der Waals surface area contributed by atoms with Gasteiger partial charge in [-0.1, -0.05) is 41.5 Å². The lowest BCUT2D eigenvalue weighted by atomic mass is 9.78. The Morgan fingerprint density at radius 3 is 2.17 bits per heavy atom. The van der Waals surface area contributed by atoms with Crippen molar-refractivity contribution in [2.24, 2.45) is 0 Å². The SMILES string of the molecule is CC(C)(C)c1cc2ccncc2nc1C(C)(C)C. The van der Waals surface area contributed by atoms with Crippen molar-refractivity contribution in [1.29, 1.82) is 0 Å². The quantitative estimate of drug-likeness (QED) is 0.691. The van der Waals surface area contributed by atoms with Gasteiger partial charge in [-0.15, -0.1) is 0 Å². The number of rotatable bonds is 0. The van der Waals surface area contributed by atoms with Crippen LogP contribution in [0.5, 0.6) is 0 Å². The minimum atomic E-state index is 0.0483. The molecule has 0 bridgehead atoms. The first-order valence-electron chi connectivity index (χ1n) is 6.45. The maximum atomic E-state index is 4.85. The second-order valence-electron chi connectivity index (χ2n) is 6.95. The van der Waals surface area contributed by atoms with Crippen LogP contribution in [0.2, 0.25) is 0 Å². The van der Waals surface area contributed by atoms with Gasteiger partial charge in [0.05, 0.1) is 17.4 Å². The van der Waals surface area contributed by atoms with Gasteiger partial charge in [-0.05, 0) is 23.1 Å². The lowest BCUT2D eigenvalue weighted by Gasteiger charge is -2.29. The Bertz CT molecular complexity index is 519. The summed E-state index contributed by atoms with van der Waals surface area (Å²) in [5.41, 5.74) is 3.64. The standard InChI is InChI=1S/C16H22N2/c1-15(2,3)12-9-11-7-8-17-10-13(11)18-14(12)16(4,5)6/h7-10H,1-6H3. The zero-order valence-corrected chi connectivity index (χ0v) is 12.2. The smallest absolute Gasteiger partial charge is 0.0888 e. The van der Waals surface area contributed by atoms with Crippen molar-refractivity contribution in [3.05, 3.63) is 35.8 Å². The van der Waals surface area contributed by atoms with Gasteiger partial charge in [0, 0.05) is 17.0 Å². The summed E-state index contributed by atoms with van der Waals surface area (Å²) < 4.78 is 0. The molecule has 0 saturated heterocycles. The molecule has 2 rings (SSSR count). The maximum Gasteiger partial charge on any atom is 0.0888 e. The van der Waals surface area contributed by atoms with E-state index in [1.807, 2.05) is 18.5 Å². The van der Waals surface area contributed by atoms with E-state index in [2.05, 4.69) is 52.6 Å². The van der Waals surface area contributed by atoms with Crippen LogP contribution in [0.1, 0.15) is 52.8 Å². The molecule has 0 radical (unpaired) electrons. The zero-order chi connectivity index (χ0) is 13.6. The van der Waals surface area contributed by atoms with E-state index in [4.69, 9.17) is 4.98 Å². The van der Waals surface area contributed by atoms with Crippen LogP contribution in [-0.4, -0.2) is 9.97 Å². The predicted octanol–water partition coefficient (Wildman–Crippen LogP) is 4.22. The minimum Gasteiger partial charge on any atom is -0.262 e. The van der Waals surface area contributed by atoms with Gasteiger partial charge in [0.25, 0.3) is 0 Å². The summed E-state index contributed by atoms with van der Waals surface area (Å²) >= 11 is 0. The van der Waals surface area contributed by atoms with Crippen molar-refractivity contribution in [3.63, 3.8) is 0 Å². The molecule has 2 heterocycles. The topological polar surface area (TPSA) is 25.8 Å². The molecule has 0 aliphatic heterocycles. The third-order valence-electron chi connectivity index (χ3n) is 3.14. The number of pyridine rings is 2. The van der Waals surface area contributed by atoms with Crippen LogP contribution in [0, 0.1) is 0 Å². The van der Waals surface area contributed by atoms with E-state index in [9.17, 15) is 0 Å². The Kier molecular flexibility index (Phi) is 2.92. The van der Waals surface area contributed by atoms with Crippen LogP contribution < -0.4 is 0 Å². The summed E-state index contributed by atoms with van der Waals surface area (Å²) in [4.78, 5) is 9.02. The lowest BCUT2D eigenvalue weighted by Crippen LogP contribution is -2.23. The Labute approximate surface area is 109 Å². The van der Waals surface area contributed by atoms with Crippen molar-refractivity contribution >= 4 is 10.9 Å². The number of nitrogens with zero attached hydrogens (tertiary/aromatic N) is 2. The van der Waals surface area contributed by atoms with Crippen LogP contribution in [0.15, 0.2) is 24.5 Å². The molecular weight excluding hydrogens is 220 g/mol. The summed E-state index contributed by atoms with van der Waals surface area (Å²) in [5.74, 6) is 0. The fourth-order valence-electron chi connectivity index (χ4n) is 2.16. The third-order valence-corrected chi connectivity index (χ3v) is 3.14. The molecule has 0 fully saturated rings. The molecule has 0 aliphatic carbocycles. The van der Waals surface area contributed by atoms with Crippen molar-refractivity contribution in [2.75, 3.05) is 0 Å². The Morgan fingerprint density at radius 2 is 1.61 bits per heavy atom. The lowest BCUT2D eigenvalue weighted by molar-refractivity contribution is 0.516. The molecule has 2 aromatic heterocycles. The molecular formula is C16H22N2. The molecule has 2 aromatic rings. The van der Waals surface area contributed by atoms with E-state index in [1.54, 1.807) is 0 Å². The van der Waals surface area contributed by atoms with Crippen LogP contribution in [0.3, 0.4) is 0 Å². The molecule has 2 nitrogen and oxygen atoms in total. The summed E-state index contributed by atoms with van der Waals surface area (Å²) in [6.07, 6.45) is 3.67. The molecule has 0 spiro atoms. The van der Waals surface area contributed by atoms with Crippen molar-refractivity contribution < 1.29 is 0 Å². The first-order chi connectivity index (χ1) is 8.19. The van der Waals surface area contributed by atoms with E-state index in [1.165, 1.54) is 16.6 Å². The van der Waals surface area contributed by atoms with Crippen molar-refractivity contribution in [2.45, 2.75) is 52.4 Å². The highest BCUT2D eigenvalue weighted by Crippen LogP contribution is 2.34. The molecule has 0 atom stereocenters. The minimum absolute atomic E-state index is 0.0483. The monoisotopic (exact) mass is 242 g/mol. The average molecular weight is 242 g/mol. The fraction of sp³-hybridized carbons (Fsp3) is 0.500. The second-order valence-corrected chi connectivity index (χ2v) is 6.95. The number of fused-ring (bicyclic) bond motifs is 1. The average Bonchev–Trinajstić information content (AvgIpc) is 2.25. The molecule has 0 amide bonds. The summed E-state index contributed by atoms with van der Waals surface area (Å²) in [5, 5.41) is 1.17. The Morgan fingerprint density at radius 1 is 0.944 bits per heavy atom. The van der Waals surface area contributed by atoms with Gasteiger partial charge in [0.15, 0.2) is 0 Å². The van der Waals surface area contributed by atoms with Crippen LogP contribution in [0.4, 0.5) is 0 Å². The first-order valence-corrected chi connectivity index (χ1v) is 6.45. The number of hydrogen-bond acceptors (Lipinski definition) is 2. The van der Waals surface area contributed by atoms with Crippen molar-refractivity contribution in [3.8, 4) is 0 Å². The van der Waals surface area contributed by atoms with Crippen LogP contribution in [-0.2, 0) is 10.8 Å². The second kappa shape index (κ2) is 4.04. The van der Waals surface area contributed by atoms with Gasteiger partial charge < -0.3 is 0 Å². The van der Waals surface area contributed by atoms with Gasteiger partial charge in [-0.3, -0.25) is 9.97 Å². The van der Waals surface area contributed by atoms with Crippen molar-refractivity contribution in [1.82, 2.24) is 9.97 Å². The summed E-state index contributed by atoms with van der Waals surface area (Å²) in [7, 11) is 0. The van der Waals surface area contributed by atoms with Crippen LogP contribution >= 0.6 is 0 Å². The van der Waals surface area contributed by atoms with E-state index in [0.29, 0.717) is 0 Å². The summed E-state index contributed by atoms with van der Waals surface area (Å²) in [6.45, 7) is 13.4. The number of aromatic nitrogens is 2. The van der Waals surface area contributed by atoms with Gasteiger partial charge in [0.2, 0.25) is 0 Å². The molecule has 0 saturated carbocycles. The first kappa shape index (κ1) is 13.0. The van der Waals surface area contributed by atoms with Gasteiger partial charge in [-0.2, -0.15) is 0 Å². The van der Waals surface area contributed by atoms with E-state index >= 15 is 0 Å². The maximum absolute atomic E-state index is 4.85. The Hall–Kier alpha value is -1.44. The van der Waals surface area contributed by atoms with Crippen LogP contribution in [0.25, 0.3) is 10.9 Å². The normalized spacial score (nSPS) is 13.0. The van der Waals surface area contributed by atoms with Gasteiger partial charge >= 0.3 is 0 Å². The largest absolute Gasteiger partial charge is 0.262 e. The molecule has 2 heteroatoms. The third kappa shape index (κ3) is 2.38. The zero-order valence-electron chi connectivity index (χ0n) is 12.2. The fourth-order valence-corrected chi connectivity index (χ4v) is 2.16. The molecule has 96 valence electrons. The Balaban J connectivity index is 2.81. The molecule has 18 heavy (non-hydrogen) atoms. The highest BCUT2D eigenvalue weighted by molar-refractivity contribution is 5.79. The molecule has 0 N–H and O–H groups in total. The van der Waals surface area contributed by atoms with Gasteiger partial charge in [-0.25, -0.2) is 0 Å². The highest BCUT2D eigenvalue weighted by Gasteiger charge is 2.26. The van der Waals surface area contributed by atoms with E-state index < -0.39 is 0 Å². The number of hydrogen-bond donors (Lipinski definition) is 0. The molecule has 0 aliphatic rings. The summed E-state index contributed by atoms with van der Waals surface area (Å²) in [6, 6.07) is 4.30. The van der Waals surface area contributed by atoms with E-state index in [-0.39, 0.29) is 10.8 Å². The van der Waals surface area contributed by atoms with Gasteiger partial charge in [0.1, 0.15) is 0 Å². The predicted molar refractivity (Wildman–Crippen MR) is 76.9 cm³/mol. The molecule has 0 unspecified atom stereocenters. The molecule has 0 aromatic carbocycles. The highest BCUT2D eigenvalue weighted by atomic mass is 14.8. The van der Waals surface area contributed by atoms with E-state index in [0.717, 1.165) is 5.52 Å².